The highest BCUT2D eigenvalue weighted by atomic mass is 16.5. The molecule has 3 N–H and O–H groups in total. The predicted molar refractivity (Wildman–Crippen MR) is 143 cm³/mol. The number of guanidine groups is 1. The number of carbonyl (C=O) groups excluding carboxylic acids is 1. The molecular weight excluding hydrogens is 456 g/mol. The monoisotopic (exact) mass is 486 g/mol. The average molecular weight is 487 g/mol. The highest BCUT2D eigenvalue weighted by molar-refractivity contribution is 6.10. The quantitative estimate of drug-likeness (QED) is 0.228. The molecule has 0 saturated carbocycles. The van der Waals surface area contributed by atoms with Crippen LogP contribution in [-0.2, 0) is 6.42 Å². The fourth-order valence-electron chi connectivity index (χ4n) is 3.84. The van der Waals surface area contributed by atoms with E-state index in [4.69, 9.17) is 14.2 Å². The molecule has 0 aliphatic carbocycles. The SMILES string of the molecule is CCOc1ccc(C(=O)NC(=NCCc2c[nH]c3ccccc23)Nc2ccc(OC)c(OC)c2)cc1. The zero-order chi connectivity index (χ0) is 25.3. The molecule has 0 spiro atoms. The van der Waals surface area contributed by atoms with Gasteiger partial charge in [-0.2, -0.15) is 0 Å². The summed E-state index contributed by atoms with van der Waals surface area (Å²) in [5.74, 6) is 1.95. The van der Waals surface area contributed by atoms with Crippen molar-refractivity contribution in [3.63, 3.8) is 0 Å². The Labute approximate surface area is 210 Å². The van der Waals surface area contributed by atoms with Crippen LogP contribution in [0.25, 0.3) is 10.9 Å². The molecule has 0 fully saturated rings. The molecule has 0 bridgehead atoms. The normalized spacial score (nSPS) is 11.2. The lowest BCUT2D eigenvalue weighted by Crippen LogP contribution is -2.36. The highest BCUT2D eigenvalue weighted by Gasteiger charge is 2.12. The number of para-hydroxylation sites is 1. The van der Waals surface area contributed by atoms with Crippen molar-refractivity contribution in [2.24, 2.45) is 4.99 Å². The van der Waals surface area contributed by atoms with Crippen LogP contribution in [0.2, 0.25) is 0 Å². The molecule has 4 aromatic rings. The summed E-state index contributed by atoms with van der Waals surface area (Å²) in [6.07, 6.45) is 2.71. The Morgan fingerprint density at radius 3 is 2.50 bits per heavy atom. The van der Waals surface area contributed by atoms with Gasteiger partial charge in [0.05, 0.1) is 20.8 Å². The Morgan fingerprint density at radius 1 is 0.972 bits per heavy atom. The number of nitrogens with one attached hydrogen (secondary N) is 3. The molecule has 1 heterocycles. The topological polar surface area (TPSA) is 97.0 Å². The van der Waals surface area contributed by atoms with Crippen LogP contribution < -0.4 is 24.8 Å². The number of hydrogen-bond donors (Lipinski definition) is 3. The summed E-state index contributed by atoms with van der Waals surface area (Å²) in [4.78, 5) is 20.9. The molecule has 186 valence electrons. The number of methoxy groups -OCH3 is 2. The molecule has 1 amide bonds. The van der Waals surface area contributed by atoms with Crippen LogP contribution in [0, 0.1) is 0 Å². The first-order valence-electron chi connectivity index (χ1n) is 11.7. The Morgan fingerprint density at radius 2 is 1.75 bits per heavy atom. The number of fused-ring (bicyclic) bond motifs is 1. The second-order valence-corrected chi connectivity index (χ2v) is 7.95. The molecule has 0 unspecified atom stereocenters. The number of ether oxygens (including phenoxy) is 3. The number of rotatable bonds is 9. The minimum atomic E-state index is -0.281. The fraction of sp³-hybridized carbons (Fsp3) is 0.214. The van der Waals surface area contributed by atoms with Crippen LogP contribution in [0.4, 0.5) is 5.69 Å². The minimum absolute atomic E-state index is 0.281. The summed E-state index contributed by atoms with van der Waals surface area (Å²) in [5.41, 5.74) is 3.45. The number of amides is 1. The molecule has 8 nitrogen and oxygen atoms in total. The first kappa shape index (κ1) is 24.7. The van der Waals surface area contributed by atoms with Crippen LogP contribution in [0.15, 0.2) is 77.9 Å². The number of hydrogen-bond acceptors (Lipinski definition) is 5. The van der Waals surface area contributed by atoms with Crippen LogP contribution >= 0.6 is 0 Å². The summed E-state index contributed by atoms with van der Waals surface area (Å²) >= 11 is 0. The Bertz CT molecular complexity index is 1350. The first-order chi connectivity index (χ1) is 17.6. The maximum atomic E-state index is 13.0. The largest absolute Gasteiger partial charge is 0.494 e. The van der Waals surface area contributed by atoms with Gasteiger partial charge in [0.2, 0.25) is 5.96 Å². The summed E-state index contributed by atoms with van der Waals surface area (Å²) in [6.45, 7) is 2.95. The minimum Gasteiger partial charge on any atom is -0.494 e. The molecule has 1 aromatic heterocycles. The molecule has 8 heteroatoms. The van der Waals surface area contributed by atoms with E-state index >= 15 is 0 Å². The lowest BCUT2D eigenvalue weighted by atomic mass is 10.1. The van der Waals surface area contributed by atoms with Crippen molar-refractivity contribution in [3.05, 3.63) is 84.1 Å². The van der Waals surface area contributed by atoms with E-state index in [1.54, 1.807) is 50.6 Å². The molecule has 4 rings (SSSR count). The molecule has 36 heavy (non-hydrogen) atoms. The van der Waals surface area contributed by atoms with Crippen LogP contribution in [0.5, 0.6) is 17.2 Å². The van der Waals surface area contributed by atoms with E-state index in [1.807, 2.05) is 37.4 Å². The van der Waals surface area contributed by atoms with E-state index in [9.17, 15) is 4.79 Å². The smallest absolute Gasteiger partial charge is 0.257 e. The lowest BCUT2D eigenvalue weighted by Gasteiger charge is -2.14. The van der Waals surface area contributed by atoms with Gasteiger partial charge in [-0.1, -0.05) is 18.2 Å². The van der Waals surface area contributed by atoms with E-state index in [2.05, 4.69) is 26.7 Å². The molecule has 3 aromatic carbocycles. The van der Waals surface area contributed by atoms with Gasteiger partial charge in [0.1, 0.15) is 5.75 Å². The Hall–Kier alpha value is -4.46. The van der Waals surface area contributed by atoms with E-state index in [0.29, 0.717) is 54.0 Å². The number of benzene rings is 3. The van der Waals surface area contributed by atoms with Gasteiger partial charge in [0.15, 0.2) is 11.5 Å². The second-order valence-electron chi connectivity index (χ2n) is 7.95. The molecule has 0 saturated heterocycles. The number of aromatic amines is 1. The zero-order valence-corrected chi connectivity index (χ0v) is 20.6. The first-order valence-corrected chi connectivity index (χ1v) is 11.7. The third kappa shape index (κ3) is 5.96. The van der Waals surface area contributed by atoms with Crippen molar-refractivity contribution in [3.8, 4) is 17.2 Å². The van der Waals surface area contributed by atoms with Crippen LogP contribution in [0.3, 0.4) is 0 Å². The number of aromatic nitrogens is 1. The zero-order valence-electron chi connectivity index (χ0n) is 20.6. The molecule has 0 atom stereocenters. The summed E-state index contributed by atoms with van der Waals surface area (Å²) in [7, 11) is 3.16. The van der Waals surface area contributed by atoms with Crippen molar-refractivity contribution in [1.82, 2.24) is 10.3 Å². The lowest BCUT2D eigenvalue weighted by molar-refractivity contribution is 0.0977. The average Bonchev–Trinajstić information content (AvgIpc) is 3.32. The van der Waals surface area contributed by atoms with Gasteiger partial charge in [-0.3, -0.25) is 15.1 Å². The highest BCUT2D eigenvalue weighted by Crippen LogP contribution is 2.29. The Balaban J connectivity index is 1.53. The van der Waals surface area contributed by atoms with Crippen molar-refractivity contribution < 1.29 is 19.0 Å². The van der Waals surface area contributed by atoms with E-state index in [1.165, 1.54) is 5.39 Å². The molecule has 0 aliphatic heterocycles. The van der Waals surface area contributed by atoms with Gasteiger partial charge in [-0.05, 0) is 61.4 Å². The van der Waals surface area contributed by atoms with Crippen molar-refractivity contribution >= 4 is 28.5 Å². The standard InChI is InChI=1S/C28H30N4O4/c1-4-36-22-12-9-19(10-13-22)27(33)32-28(31-21-11-14-25(34-2)26(17-21)35-3)29-16-15-20-18-30-24-8-6-5-7-23(20)24/h5-14,17-18,30H,4,15-16H2,1-3H3,(H2,29,31,32,33). The van der Waals surface area contributed by atoms with Gasteiger partial charge in [-0.25, -0.2) is 0 Å². The molecule has 0 aliphatic rings. The summed E-state index contributed by atoms with van der Waals surface area (Å²) in [5, 5.41) is 7.27. The van der Waals surface area contributed by atoms with E-state index in [-0.39, 0.29) is 5.91 Å². The number of carbonyl (C=O) groups is 1. The second kappa shape index (κ2) is 11.8. The number of anilines is 1. The fourth-order valence-corrected chi connectivity index (χ4v) is 3.84. The van der Waals surface area contributed by atoms with Gasteiger partial charge in [0.25, 0.3) is 5.91 Å². The van der Waals surface area contributed by atoms with Gasteiger partial charge in [-0.15, -0.1) is 0 Å². The Kier molecular flexibility index (Phi) is 8.08. The van der Waals surface area contributed by atoms with E-state index < -0.39 is 0 Å². The molecule has 0 radical (unpaired) electrons. The van der Waals surface area contributed by atoms with Crippen LogP contribution in [0.1, 0.15) is 22.8 Å². The maximum absolute atomic E-state index is 13.0. The maximum Gasteiger partial charge on any atom is 0.257 e. The van der Waals surface area contributed by atoms with E-state index in [0.717, 1.165) is 11.1 Å². The van der Waals surface area contributed by atoms with Crippen LogP contribution in [-0.4, -0.2) is 44.2 Å². The van der Waals surface area contributed by atoms with Crippen molar-refractivity contribution in [2.45, 2.75) is 13.3 Å². The van der Waals surface area contributed by atoms with Gasteiger partial charge < -0.3 is 24.5 Å². The third-order valence-electron chi connectivity index (χ3n) is 5.63. The van der Waals surface area contributed by atoms with Gasteiger partial charge >= 0.3 is 0 Å². The number of nitrogens with zero attached hydrogens (tertiary/aromatic N) is 1. The van der Waals surface area contributed by atoms with Crippen molar-refractivity contribution in [2.75, 3.05) is 32.7 Å². The summed E-state index contributed by atoms with van der Waals surface area (Å²) in [6, 6.07) is 20.6. The predicted octanol–water partition coefficient (Wildman–Crippen LogP) is 5.02. The van der Waals surface area contributed by atoms with Crippen molar-refractivity contribution in [1.29, 1.82) is 0 Å². The summed E-state index contributed by atoms with van der Waals surface area (Å²) < 4.78 is 16.2. The number of aliphatic imine (C=N–C) groups is 1. The van der Waals surface area contributed by atoms with Gasteiger partial charge in [0, 0.05) is 41.0 Å². The molecular formula is C28H30N4O4. The third-order valence-corrected chi connectivity index (χ3v) is 5.63. The number of H-pyrrole nitrogens is 1.